The Labute approximate surface area is 113 Å². The molecule has 1 rings (SSSR count). The van der Waals surface area contributed by atoms with Gasteiger partial charge in [0.2, 0.25) is 10.0 Å². The van der Waals surface area contributed by atoms with Crippen LogP contribution >= 0.6 is 0 Å². The minimum atomic E-state index is -3.37. The van der Waals surface area contributed by atoms with Gasteiger partial charge >= 0.3 is 0 Å². The van der Waals surface area contributed by atoms with E-state index in [4.69, 9.17) is 14.6 Å². The zero-order chi connectivity index (χ0) is 14.3. The van der Waals surface area contributed by atoms with Crippen LogP contribution in [0.4, 0.5) is 0 Å². The van der Waals surface area contributed by atoms with Gasteiger partial charge in [0.1, 0.15) is 0 Å². The first-order chi connectivity index (χ1) is 8.96. The third-order valence-corrected chi connectivity index (χ3v) is 3.42. The second-order valence-corrected chi connectivity index (χ2v) is 5.82. The van der Waals surface area contributed by atoms with Crippen LogP contribution < -0.4 is 19.9 Å². The molecule has 108 valence electrons. The lowest BCUT2D eigenvalue weighted by Gasteiger charge is -2.10. The molecule has 0 heterocycles. The summed E-state index contributed by atoms with van der Waals surface area (Å²) < 4.78 is 31.8. The molecule has 1 aromatic rings. The number of hydrogen-bond acceptors (Lipinski definition) is 5. The van der Waals surface area contributed by atoms with Crippen molar-refractivity contribution in [3.63, 3.8) is 0 Å². The Kier molecular flexibility index (Phi) is 6.07. The van der Waals surface area contributed by atoms with Gasteiger partial charge in [0.25, 0.3) is 0 Å². The zero-order valence-electron chi connectivity index (χ0n) is 11.2. The largest absolute Gasteiger partial charge is 0.493 e. The fourth-order valence-corrected chi connectivity index (χ4v) is 2.17. The van der Waals surface area contributed by atoms with Crippen molar-refractivity contribution in [3.05, 3.63) is 23.8 Å². The number of hydrogen-bond donors (Lipinski definition) is 2. The monoisotopic (exact) mass is 288 g/mol. The van der Waals surface area contributed by atoms with Gasteiger partial charge in [-0.2, -0.15) is 0 Å². The summed E-state index contributed by atoms with van der Waals surface area (Å²) >= 11 is 0. The number of nitrogens with two attached hydrogens (primary N) is 1. The van der Waals surface area contributed by atoms with E-state index in [1.165, 1.54) is 0 Å². The molecule has 3 N–H and O–H groups in total. The molecule has 0 radical (unpaired) electrons. The van der Waals surface area contributed by atoms with Crippen molar-refractivity contribution in [2.75, 3.05) is 26.5 Å². The molecule has 0 amide bonds. The van der Waals surface area contributed by atoms with Crippen molar-refractivity contribution in [1.82, 2.24) is 5.32 Å². The lowest BCUT2D eigenvalue weighted by atomic mass is 10.2. The van der Waals surface area contributed by atoms with E-state index >= 15 is 0 Å². The summed E-state index contributed by atoms with van der Waals surface area (Å²) in [6.07, 6.45) is 0.492. The van der Waals surface area contributed by atoms with Gasteiger partial charge in [-0.1, -0.05) is 6.07 Å². The molecule has 0 saturated heterocycles. The second-order valence-electron chi connectivity index (χ2n) is 4.09. The Morgan fingerprint density at radius 1 is 1.21 bits per heavy atom. The van der Waals surface area contributed by atoms with E-state index in [0.717, 1.165) is 5.56 Å². The molecule has 1 aromatic carbocycles. The fraction of sp³-hybridized carbons (Fsp3) is 0.500. The summed E-state index contributed by atoms with van der Waals surface area (Å²) in [6.45, 7) is 1.22. The van der Waals surface area contributed by atoms with E-state index in [1.807, 2.05) is 18.2 Å². The highest BCUT2D eigenvalue weighted by Crippen LogP contribution is 2.27. The number of nitrogens with one attached hydrogen (secondary N) is 1. The number of sulfonamides is 1. The number of primary sulfonamides is 1. The number of rotatable bonds is 8. The summed E-state index contributed by atoms with van der Waals surface area (Å²) in [6, 6.07) is 5.64. The number of ether oxygens (including phenoxy) is 2. The van der Waals surface area contributed by atoms with Crippen molar-refractivity contribution in [2.45, 2.75) is 13.0 Å². The van der Waals surface area contributed by atoms with E-state index in [2.05, 4.69) is 5.32 Å². The van der Waals surface area contributed by atoms with Gasteiger partial charge < -0.3 is 14.8 Å². The van der Waals surface area contributed by atoms with E-state index in [9.17, 15) is 8.42 Å². The molecule has 0 aromatic heterocycles. The molecular formula is C12H20N2O4S. The Morgan fingerprint density at radius 3 is 2.47 bits per heavy atom. The third kappa shape index (κ3) is 5.91. The molecule has 0 saturated carbocycles. The SMILES string of the molecule is COc1ccc(CNCCCS(N)(=O)=O)cc1OC. The smallest absolute Gasteiger partial charge is 0.209 e. The van der Waals surface area contributed by atoms with Gasteiger partial charge in [-0.25, -0.2) is 13.6 Å². The Hall–Kier alpha value is -1.31. The summed E-state index contributed by atoms with van der Waals surface area (Å²) in [5, 5.41) is 8.06. The van der Waals surface area contributed by atoms with Crippen molar-refractivity contribution in [3.8, 4) is 11.5 Å². The second kappa shape index (κ2) is 7.32. The minimum absolute atomic E-state index is 0.00800. The van der Waals surface area contributed by atoms with Crippen LogP contribution in [0.3, 0.4) is 0 Å². The first-order valence-corrected chi connectivity index (χ1v) is 7.60. The van der Waals surface area contributed by atoms with Crippen molar-refractivity contribution in [1.29, 1.82) is 0 Å². The van der Waals surface area contributed by atoms with Gasteiger partial charge in [0.15, 0.2) is 11.5 Å². The molecule has 0 atom stereocenters. The van der Waals surface area contributed by atoms with Gasteiger partial charge in [0, 0.05) is 6.54 Å². The van der Waals surface area contributed by atoms with Crippen LogP contribution in [0.25, 0.3) is 0 Å². The molecule has 0 aliphatic heterocycles. The molecule has 0 bridgehead atoms. The summed E-state index contributed by atoms with van der Waals surface area (Å²) in [4.78, 5) is 0. The molecule has 0 unspecified atom stereocenters. The Balaban J connectivity index is 2.41. The lowest BCUT2D eigenvalue weighted by Crippen LogP contribution is -2.22. The third-order valence-electron chi connectivity index (χ3n) is 2.56. The van der Waals surface area contributed by atoms with Gasteiger partial charge in [-0.3, -0.25) is 0 Å². The highest BCUT2D eigenvalue weighted by Gasteiger charge is 2.05. The highest BCUT2D eigenvalue weighted by atomic mass is 32.2. The van der Waals surface area contributed by atoms with Crippen molar-refractivity contribution in [2.24, 2.45) is 5.14 Å². The topological polar surface area (TPSA) is 90.6 Å². The average Bonchev–Trinajstić information content (AvgIpc) is 2.36. The number of methoxy groups -OCH3 is 2. The normalized spacial score (nSPS) is 11.3. The maximum absolute atomic E-state index is 10.7. The van der Waals surface area contributed by atoms with Crippen molar-refractivity contribution < 1.29 is 17.9 Å². The predicted molar refractivity (Wildman–Crippen MR) is 73.8 cm³/mol. The van der Waals surface area contributed by atoms with E-state index in [-0.39, 0.29) is 5.75 Å². The molecule has 0 fully saturated rings. The molecule has 6 nitrogen and oxygen atoms in total. The van der Waals surface area contributed by atoms with E-state index in [0.29, 0.717) is 31.0 Å². The Morgan fingerprint density at radius 2 is 1.89 bits per heavy atom. The molecular weight excluding hydrogens is 268 g/mol. The molecule has 7 heteroatoms. The number of benzene rings is 1. The fourth-order valence-electron chi connectivity index (χ4n) is 1.62. The quantitative estimate of drug-likeness (QED) is 0.679. The minimum Gasteiger partial charge on any atom is -0.493 e. The van der Waals surface area contributed by atoms with Crippen LogP contribution in [0.5, 0.6) is 11.5 Å². The van der Waals surface area contributed by atoms with Crippen LogP contribution in [0.15, 0.2) is 18.2 Å². The van der Waals surface area contributed by atoms with E-state index < -0.39 is 10.0 Å². The maximum Gasteiger partial charge on any atom is 0.209 e. The summed E-state index contributed by atoms with van der Waals surface area (Å²) in [5.74, 6) is 1.35. The first-order valence-electron chi connectivity index (χ1n) is 5.88. The van der Waals surface area contributed by atoms with Crippen molar-refractivity contribution >= 4 is 10.0 Å². The summed E-state index contributed by atoms with van der Waals surface area (Å²) in [7, 11) is -0.195. The van der Waals surface area contributed by atoms with Crippen LogP contribution in [0, 0.1) is 0 Å². The van der Waals surface area contributed by atoms with E-state index in [1.54, 1.807) is 14.2 Å². The lowest BCUT2D eigenvalue weighted by molar-refractivity contribution is 0.354. The molecule has 19 heavy (non-hydrogen) atoms. The molecule has 0 aliphatic rings. The Bertz CT molecular complexity index is 502. The van der Waals surface area contributed by atoms with Gasteiger partial charge in [-0.05, 0) is 30.7 Å². The zero-order valence-corrected chi connectivity index (χ0v) is 12.0. The molecule has 0 aliphatic carbocycles. The standard InChI is InChI=1S/C12H20N2O4S/c1-17-11-5-4-10(8-12(11)18-2)9-14-6-3-7-19(13,15)16/h4-5,8,14H,3,6-7,9H2,1-2H3,(H2,13,15,16). The van der Waals surface area contributed by atoms with Crippen LogP contribution in [0.2, 0.25) is 0 Å². The summed E-state index contributed by atoms with van der Waals surface area (Å²) in [5.41, 5.74) is 1.04. The van der Waals surface area contributed by atoms with Gasteiger partial charge in [-0.15, -0.1) is 0 Å². The highest BCUT2D eigenvalue weighted by molar-refractivity contribution is 7.89. The molecule has 0 spiro atoms. The average molecular weight is 288 g/mol. The van der Waals surface area contributed by atoms with Crippen LogP contribution in [-0.2, 0) is 16.6 Å². The van der Waals surface area contributed by atoms with Crippen LogP contribution in [-0.4, -0.2) is 34.9 Å². The predicted octanol–water partition coefficient (Wildman–Crippen LogP) is 0.472. The van der Waals surface area contributed by atoms with Crippen LogP contribution in [0.1, 0.15) is 12.0 Å². The first kappa shape index (κ1) is 15.7. The van der Waals surface area contributed by atoms with Gasteiger partial charge in [0.05, 0.1) is 20.0 Å². The maximum atomic E-state index is 10.7.